The Labute approximate surface area is 126 Å². The van der Waals surface area contributed by atoms with Gasteiger partial charge in [-0.2, -0.15) is 0 Å². The lowest BCUT2D eigenvalue weighted by molar-refractivity contribution is -0.385. The van der Waals surface area contributed by atoms with Crippen molar-refractivity contribution in [2.75, 3.05) is 5.32 Å². The number of phenolic OH excluding ortho intramolecular Hbond substituents is 1. The lowest BCUT2D eigenvalue weighted by Crippen LogP contribution is -2.08. The van der Waals surface area contributed by atoms with E-state index in [1.807, 2.05) is 6.92 Å². The van der Waals surface area contributed by atoms with E-state index in [1.54, 1.807) is 30.3 Å². The third-order valence-corrected chi connectivity index (χ3v) is 2.96. The molecule has 2 N–H and O–H groups in total. The van der Waals surface area contributed by atoms with E-state index in [-0.39, 0.29) is 17.1 Å². The number of amides is 1. The highest BCUT2D eigenvalue weighted by Gasteiger charge is 2.10. The van der Waals surface area contributed by atoms with Crippen molar-refractivity contribution >= 4 is 23.4 Å². The molecule has 0 fully saturated rings. The molecule has 0 atom stereocenters. The Morgan fingerprint density at radius 2 is 2.00 bits per heavy atom. The molecule has 6 heteroatoms. The second kappa shape index (κ2) is 6.53. The molecule has 0 aliphatic carbocycles. The SMILES string of the molecule is Cc1ccc(NC(=O)/C=C/c2ccccc2[N+](=O)[O-])c(O)c1. The van der Waals surface area contributed by atoms with Gasteiger partial charge in [0.1, 0.15) is 5.75 Å². The van der Waals surface area contributed by atoms with E-state index in [0.717, 1.165) is 5.56 Å². The Morgan fingerprint density at radius 1 is 1.27 bits per heavy atom. The molecule has 6 nitrogen and oxygen atoms in total. The van der Waals surface area contributed by atoms with E-state index >= 15 is 0 Å². The Morgan fingerprint density at radius 3 is 2.68 bits per heavy atom. The molecule has 0 aliphatic heterocycles. The first-order valence-electron chi connectivity index (χ1n) is 6.49. The summed E-state index contributed by atoms with van der Waals surface area (Å²) in [6, 6.07) is 11.0. The standard InChI is InChI=1S/C16H14N2O4/c1-11-6-8-13(15(19)10-11)17-16(20)9-7-12-4-2-3-5-14(12)18(21)22/h2-10,19H,1H3,(H,17,20)/b9-7+. The topological polar surface area (TPSA) is 92.5 Å². The van der Waals surface area contributed by atoms with Gasteiger partial charge in [0, 0.05) is 12.1 Å². The third-order valence-electron chi connectivity index (χ3n) is 2.96. The molecule has 0 heterocycles. The molecule has 2 aromatic rings. The van der Waals surface area contributed by atoms with Gasteiger partial charge < -0.3 is 10.4 Å². The molecule has 112 valence electrons. The molecule has 0 saturated carbocycles. The van der Waals surface area contributed by atoms with E-state index < -0.39 is 10.8 Å². The number of hydrogen-bond donors (Lipinski definition) is 2. The second-order valence-electron chi connectivity index (χ2n) is 4.66. The molecular weight excluding hydrogens is 284 g/mol. The monoisotopic (exact) mass is 298 g/mol. The van der Waals surface area contributed by atoms with Crippen LogP contribution in [0, 0.1) is 17.0 Å². The lowest BCUT2D eigenvalue weighted by atomic mass is 10.1. The second-order valence-corrected chi connectivity index (χ2v) is 4.66. The summed E-state index contributed by atoms with van der Waals surface area (Å²) in [5, 5.41) is 23.1. The van der Waals surface area contributed by atoms with E-state index in [2.05, 4.69) is 5.32 Å². The van der Waals surface area contributed by atoms with E-state index in [4.69, 9.17) is 0 Å². The van der Waals surface area contributed by atoms with Crippen LogP contribution in [0.25, 0.3) is 6.08 Å². The van der Waals surface area contributed by atoms with Crippen molar-refractivity contribution in [2.45, 2.75) is 6.92 Å². The van der Waals surface area contributed by atoms with Crippen molar-refractivity contribution in [2.24, 2.45) is 0 Å². The van der Waals surface area contributed by atoms with E-state index in [9.17, 15) is 20.0 Å². The summed E-state index contributed by atoms with van der Waals surface area (Å²) in [7, 11) is 0. The van der Waals surface area contributed by atoms with Gasteiger partial charge in [-0.25, -0.2) is 0 Å². The Kier molecular flexibility index (Phi) is 4.53. The van der Waals surface area contributed by atoms with Crippen LogP contribution in [0.2, 0.25) is 0 Å². The fourth-order valence-electron chi connectivity index (χ4n) is 1.88. The van der Waals surface area contributed by atoms with Gasteiger partial charge in [0.15, 0.2) is 0 Å². The Hall–Kier alpha value is -3.15. The van der Waals surface area contributed by atoms with Crippen LogP contribution in [0.3, 0.4) is 0 Å². The number of phenols is 1. The van der Waals surface area contributed by atoms with Crippen LogP contribution in [0.1, 0.15) is 11.1 Å². The van der Waals surface area contributed by atoms with Crippen LogP contribution >= 0.6 is 0 Å². The number of nitrogens with zero attached hydrogens (tertiary/aromatic N) is 1. The average Bonchev–Trinajstić information content (AvgIpc) is 2.48. The normalized spacial score (nSPS) is 10.6. The highest BCUT2D eigenvalue weighted by Crippen LogP contribution is 2.24. The first kappa shape index (κ1) is 15.2. The van der Waals surface area contributed by atoms with Gasteiger partial charge in [-0.3, -0.25) is 14.9 Å². The number of nitrogens with one attached hydrogen (secondary N) is 1. The smallest absolute Gasteiger partial charge is 0.276 e. The minimum absolute atomic E-state index is 0.0348. The van der Waals surface area contributed by atoms with Crippen LogP contribution in [0.5, 0.6) is 5.75 Å². The number of carbonyl (C=O) groups is 1. The van der Waals surface area contributed by atoms with Crippen LogP contribution in [0.15, 0.2) is 48.5 Å². The average molecular weight is 298 g/mol. The van der Waals surface area contributed by atoms with Crippen molar-refractivity contribution in [3.05, 3.63) is 69.8 Å². The molecule has 22 heavy (non-hydrogen) atoms. The van der Waals surface area contributed by atoms with Gasteiger partial charge in [-0.15, -0.1) is 0 Å². The number of aromatic hydroxyl groups is 1. The maximum atomic E-state index is 11.8. The number of para-hydroxylation sites is 1. The quantitative estimate of drug-likeness (QED) is 0.392. The minimum atomic E-state index is -0.511. The Bertz CT molecular complexity index is 754. The van der Waals surface area contributed by atoms with Crippen LogP contribution in [-0.4, -0.2) is 15.9 Å². The van der Waals surface area contributed by atoms with Gasteiger partial charge in [0.25, 0.3) is 5.69 Å². The molecule has 0 bridgehead atoms. The number of aryl methyl sites for hydroxylation is 1. The number of nitro benzene ring substituents is 1. The zero-order valence-electron chi connectivity index (χ0n) is 11.8. The van der Waals surface area contributed by atoms with E-state index in [0.29, 0.717) is 5.56 Å². The van der Waals surface area contributed by atoms with Crippen molar-refractivity contribution < 1.29 is 14.8 Å². The van der Waals surface area contributed by atoms with Crippen LogP contribution < -0.4 is 5.32 Å². The predicted octanol–water partition coefficient (Wildman–Crippen LogP) is 3.26. The summed E-state index contributed by atoms with van der Waals surface area (Å²) < 4.78 is 0. The number of rotatable bonds is 4. The summed E-state index contributed by atoms with van der Waals surface area (Å²) in [5.41, 5.74) is 1.40. The van der Waals surface area contributed by atoms with Crippen LogP contribution in [-0.2, 0) is 4.79 Å². The van der Waals surface area contributed by atoms with Crippen molar-refractivity contribution in [3.63, 3.8) is 0 Å². The third kappa shape index (κ3) is 3.69. The van der Waals surface area contributed by atoms with Crippen molar-refractivity contribution in [3.8, 4) is 5.75 Å². The summed E-state index contributed by atoms with van der Waals surface area (Å²) in [4.78, 5) is 22.2. The van der Waals surface area contributed by atoms with Crippen molar-refractivity contribution in [1.29, 1.82) is 0 Å². The minimum Gasteiger partial charge on any atom is -0.506 e. The number of benzene rings is 2. The first-order valence-corrected chi connectivity index (χ1v) is 6.49. The summed E-state index contributed by atoms with van der Waals surface area (Å²) >= 11 is 0. The zero-order chi connectivity index (χ0) is 16.1. The molecule has 2 aromatic carbocycles. The lowest BCUT2D eigenvalue weighted by Gasteiger charge is -2.05. The van der Waals surface area contributed by atoms with Crippen molar-refractivity contribution in [1.82, 2.24) is 0 Å². The molecule has 0 aromatic heterocycles. The van der Waals surface area contributed by atoms with Gasteiger partial charge >= 0.3 is 0 Å². The zero-order valence-corrected chi connectivity index (χ0v) is 11.8. The number of carbonyl (C=O) groups excluding carboxylic acids is 1. The molecule has 1 amide bonds. The number of hydrogen-bond acceptors (Lipinski definition) is 4. The highest BCUT2D eigenvalue weighted by molar-refractivity contribution is 6.03. The summed E-state index contributed by atoms with van der Waals surface area (Å²) in [6.07, 6.45) is 2.54. The maximum Gasteiger partial charge on any atom is 0.276 e. The first-order chi connectivity index (χ1) is 10.5. The largest absolute Gasteiger partial charge is 0.506 e. The fraction of sp³-hybridized carbons (Fsp3) is 0.0625. The summed E-state index contributed by atoms with van der Waals surface area (Å²) in [6.45, 7) is 1.82. The molecule has 0 saturated heterocycles. The molecule has 0 aliphatic rings. The number of anilines is 1. The van der Waals surface area contributed by atoms with E-state index in [1.165, 1.54) is 24.3 Å². The molecule has 0 unspecified atom stereocenters. The maximum absolute atomic E-state index is 11.8. The highest BCUT2D eigenvalue weighted by atomic mass is 16.6. The predicted molar refractivity (Wildman–Crippen MR) is 83.6 cm³/mol. The molecular formula is C16H14N2O4. The molecule has 0 radical (unpaired) electrons. The fourth-order valence-corrected chi connectivity index (χ4v) is 1.88. The van der Waals surface area contributed by atoms with Gasteiger partial charge in [0.2, 0.25) is 5.91 Å². The Balaban J connectivity index is 2.14. The number of nitro groups is 1. The summed E-state index contributed by atoms with van der Waals surface area (Å²) in [5.74, 6) is -0.523. The van der Waals surface area contributed by atoms with Gasteiger partial charge in [0.05, 0.1) is 16.2 Å². The molecule has 0 spiro atoms. The van der Waals surface area contributed by atoms with Gasteiger partial charge in [-0.1, -0.05) is 18.2 Å². The van der Waals surface area contributed by atoms with Crippen LogP contribution in [0.4, 0.5) is 11.4 Å². The molecule has 2 rings (SSSR count). The van der Waals surface area contributed by atoms with Gasteiger partial charge in [-0.05, 0) is 36.8 Å².